The molecule has 1 aromatic rings. The summed E-state index contributed by atoms with van der Waals surface area (Å²) in [5.74, 6) is 1.40. The van der Waals surface area contributed by atoms with E-state index < -0.39 is 0 Å². The van der Waals surface area contributed by atoms with Crippen molar-refractivity contribution in [1.82, 2.24) is 10.3 Å². The van der Waals surface area contributed by atoms with Gasteiger partial charge < -0.3 is 10.6 Å². The van der Waals surface area contributed by atoms with E-state index >= 15 is 0 Å². The average Bonchev–Trinajstić information content (AvgIpc) is 2.38. The summed E-state index contributed by atoms with van der Waals surface area (Å²) in [5, 5.41) is 6.33. The molecule has 0 spiro atoms. The van der Waals surface area contributed by atoms with E-state index in [9.17, 15) is 4.79 Å². The van der Waals surface area contributed by atoms with Crippen LogP contribution >= 0.6 is 23.4 Å². The third-order valence-electron chi connectivity index (χ3n) is 2.25. The Morgan fingerprint density at radius 1 is 1.50 bits per heavy atom. The summed E-state index contributed by atoms with van der Waals surface area (Å²) in [7, 11) is 0. The maximum atomic E-state index is 11.9. The topological polar surface area (TPSA) is 54.0 Å². The van der Waals surface area contributed by atoms with Crippen LogP contribution in [0.15, 0.2) is 12.3 Å². The van der Waals surface area contributed by atoms with Crippen molar-refractivity contribution in [2.75, 3.05) is 30.4 Å². The van der Waals surface area contributed by atoms with E-state index in [1.165, 1.54) is 6.20 Å². The van der Waals surface area contributed by atoms with Gasteiger partial charge >= 0.3 is 0 Å². The molecule has 18 heavy (non-hydrogen) atoms. The first-order valence-electron chi connectivity index (χ1n) is 5.85. The minimum Gasteiger partial charge on any atom is -0.370 e. The minimum atomic E-state index is -0.156. The fourth-order valence-electron chi connectivity index (χ4n) is 1.32. The van der Waals surface area contributed by atoms with Crippen molar-refractivity contribution in [2.45, 2.75) is 13.3 Å². The number of halogens is 1. The van der Waals surface area contributed by atoms with E-state index in [0.717, 1.165) is 18.7 Å². The number of carbonyl (C=O) groups is 1. The van der Waals surface area contributed by atoms with E-state index in [2.05, 4.69) is 22.5 Å². The highest BCUT2D eigenvalue weighted by atomic mass is 35.5. The van der Waals surface area contributed by atoms with Gasteiger partial charge in [-0.1, -0.05) is 18.5 Å². The van der Waals surface area contributed by atoms with Gasteiger partial charge in [0.2, 0.25) is 0 Å². The minimum absolute atomic E-state index is 0.156. The summed E-state index contributed by atoms with van der Waals surface area (Å²) in [4.78, 5) is 16.0. The summed E-state index contributed by atoms with van der Waals surface area (Å²) in [6, 6.07) is 1.69. The molecule has 0 aliphatic carbocycles. The summed E-state index contributed by atoms with van der Waals surface area (Å²) in [5.41, 5.74) is 0.464. The first kappa shape index (κ1) is 15.1. The van der Waals surface area contributed by atoms with Crippen LogP contribution in [0, 0.1) is 0 Å². The zero-order chi connectivity index (χ0) is 13.4. The second-order valence-corrected chi connectivity index (χ2v) is 5.12. The SMILES string of the molecule is CCCNc1cc(C(=O)NCCSC)c(Cl)cn1. The first-order chi connectivity index (χ1) is 8.69. The van der Waals surface area contributed by atoms with Gasteiger partial charge in [0.05, 0.1) is 10.6 Å². The number of rotatable bonds is 7. The normalized spacial score (nSPS) is 10.2. The molecule has 0 fully saturated rings. The van der Waals surface area contributed by atoms with Crippen LogP contribution in [0.25, 0.3) is 0 Å². The lowest BCUT2D eigenvalue weighted by molar-refractivity contribution is 0.0956. The standard InChI is InChI=1S/C12H18ClN3OS/c1-3-4-14-11-7-9(10(13)8-16-11)12(17)15-5-6-18-2/h7-8H,3-6H2,1-2H3,(H,14,16)(H,15,17). The van der Waals surface area contributed by atoms with Crippen LogP contribution in [0.4, 0.5) is 5.82 Å². The molecular formula is C12H18ClN3OS. The molecule has 100 valence electrons. The molecule has 0 radical (unpaired) electrons. The van der Waals surface area contributed by atoms with E-state index in [1.54, 1.807) is 17.8 Å². The second kappa shape index (κ2) is 8.21. The zero-order valence-corrected chi connectivity index (χ0v) is 12.2. The lowest BCUT2D eigenvalue weighted by atomic mass is 10.2. The number of pyridine rings is 1. The predicted octanol–water partition coefficient (Wildman–Crippen LogP) is 2.65. The third-order valence-corrected chi connectivity index (χ3v) is 3.16. The Kier molecular flexibility index (Phi) is 6.90. The smallest absolute Gasteiger partial charge is 0.253 e. The number of nitrogens with one attached hydrogen (secondary N) is 2. The number of hydrogen-bond donors (Lipinski definition) is 2. The molecule has 6 heteroatoms. The molecule has 0 bridgehead atoms. The first-order valence-corrected chi connectivity index (χ1v) is 7.62. The van der Waals surface area contributed by atoms with Gasteiger partial charge in [-0.2, -0.15) is 11.8 Å². The van der Waals surface area contributed by atoms with Crippen LogP contribution in [0.1, 0.15) is 23.7 Å². The van der Waals surface area contributed by atoms with Crippen LogP contribution < -0.4 is 10.6 Å². The fraction of sp³-hybridized carbons (Fsp3) is 0.500. The molecule has 1 amide bonds. The van der Waals surface area contributed by atoms with Gasteiger partial charge in [0, 0.05) is 25.0 Å². The van der Waals surface area contributed by atoms with Gasteiger partial charge in [-0.15, -0.1) is 0 Å². The Hall–Kier alpha value is -0.940. The van der Waals surface area contributed by atoms with Crippen molar-refractivity contribution in [3.8, 4) is 0 Å². The summed E-state index contributed by atoms with van der Waals surface area (Å²) in [6.45, 7) is 3.53. The molecule has 1 rings (SSSR count). The summed E-state index contributed by atoms with van der Waals surface area (Å²) < 4.78 is 0. The summed E-state index contributed by atoms with van der Waals surface area (Å²) in [6.07, 6.45) is 4.50. The number of amides is 1. The van der Waals surface area contributed by atoms with Gasteiger partial charge in [0.25, 0.3) is 5.91 Å². The average molecular weight is 288 g/mol. The Balaban J connectivity index is 2.70. The molecule has 1 aromatic heterocycles. The van der Waals surface area contributed by atoms with E-state index in [4.69, 9.17) is 11.6 Å². The molecule has 0 aromatic carbocycles. The molecule has 0 saturated heterocycles. The van der Waals surface area contributed by atoms with Crippen molar-refractivity contribution in [3.05, 3.63) is 22.8 Å². The lowest BCUT2D eigenvalue weighted by Crippen LogP contribution is -2.26. The van der Waals surface area contributed by atoms with Crippen molar-refractivity contribution in [3.63, 3.8) is 0 Å². The van der Waals surface area contributed by atoms with Crippen LogP contribution in [-0.4, -0.2) is 36.0 Å². The van der Waals surface area contributed by atoms with Crippen LogP contribution in [0.2, 0.25) is 5.02 Å². The molecule has 0 saturated carbocycles. The van der Waals surface area contributed by atoms with E-state index in [-0.39, 0.29) is 5.91 Å². The number of anilines is 1. The molecule has 0 atom stereocenters. The predicted molar refractivity (Wildman–Crippen MR) is 78.7 cm³/mol. The van der Waals surface area contributed by atoms with Gasteiger partial charge in [0.15, 0.2) is 0 Å². The molecule has 0 aliphatic rings. The highest BCUT2D eigenvalue weighted by molar-refractivity contribution is 7.98. The van der Waals surface area contributed by atoms with E-state index in [1.807, 2.05) is 6.26 Å². The van der Waals surface area contributed by atoms with Gasteiger partial charge in [-0.3, -0.25) is 4.79 Å². The highest BCUT2D eigenvalue weighted by Crippen LogP contribution is 2.17. The fourth-order valence-corrected chi connectivity index (χ4v) is 1.82. The maximum absolute atomic E-state index is 11.9. The molecule has 0 unspecified atom stereocenters. The number of nitrogens with zero attached hydrogens (tertiary/aromatic N) is 1. The molecular weight excluding hydrogens is 270 g/mol. The maximum Gasteiger partial charge on any atom is 0.253 e. The van der Waals surface area contributed by atoms with Gasteiger partial charge in [0.1, 0.15) is 5.82 Å². The summed E-state index contributed by atoms with van der Waals surface area (Å²) >= 11 is 7.67. The Morgan fingerprint density at radius 3 is 2.94 bits per heavy atom. The van der Waals surface area contributed by atoms with Crippen LogP contribution in [0.5, 0.6) is 0 Å². The largest absolute Gasteiger partial charge is 0.370 e. The van der Waals surface area contributed by atoms with Gasteiger partial charge in [-0.05, 0) is 18.7 Å². The number of aromatic nitrogens is 1. The second-order valence-electron chi connectivity index (χ2n) is 3.72. The highest BCUT2D eigenvalue weighted by Gasteiger charge is 2.11. The van der Waals surface area contributed by atoms with E-state index in [0.29, 0.717) is 22.9 Å². The zero-order valence-electron chi connectivity index (χ0n) is 10.6. The van der Waals surface area contributed by atoms with Crippen molar-refractivity contribution < 1.29 is 4.79 Å². The number of thioether (sulfide) groups is 1. The third kappa shape index (κ3) is 4.74. The molecule has 4 nitrogen and oxygen atoms in total. The van der Waals surface area contributed by atoms with Crippen molar-refractivity contribution in [2.24, 2.45) is 0 Å². The quantitative estimate of drug-likeness (QED) is 0.757. The molecule has 0 aliphatic heterocycles. The lowest BCUT2D eigenvalue weighted by Gasteiger charge is -2.09. The number of carbonyl (C=O) groups excluding carboxylic acids is 1. The Morgan fingerprint density at radius 2 is 2.28 bits per heavy atom. The monoisotopic (exact) mass is 287 g/mol. The van der Waals surface area contributed by atoms with Crippen molar-refractivity contribution in [1.29, 1.82) is 0 Å². The van der Waals surface area contributed by atoms with Gasteiger partial charge in [-0.25, -0.2) is 4.98 Å². The molecule has 1 heterocycles. The van der Waals surface area contributed by atoms with Crippen LogP contribution in [-0.2, 0) is 0 Å². The van der Waals surface area contributed by atoms with Crippen molar-refractivity contribution >= 4 is 35.1 Å². The van der Waals surface area contributed by atoms with Crippen LogP contribution in [0.3, 0.4) is 0 Å². The number of hydrogen-bond acceptors (Lipinski definition) is 4. The Labute approximate surface area is 117 Å². The Bertz CT molecular complexity index is 401. The molecule has 2 N–H and O–H groups in total.